The molecule has 3 aromatic heterocycles. The summed E-state index contributed by atoms with van der Waals surface area (Å²) >= 11 is 0. The molecule has 2 N–H and O–H groups in total. The molecule has 0 spiro atoms. The van der Waals surface area contributed by atoms with Crippen molar-refractivity contribution in [2.45, 2.75) is 0 Å². The van der Waals surface area contributed by atoms with Crippen molar-refractivity contribution >= 4 is 76.5 Å². The van der Waals surface area contributed by atoms with E-state index in [0.717, 1.165) is 60.3 Å². The zero-order chi connectivity index (χ0) is 37.9. The van der Waals surface area contributed by atoms with E-state index >= 15 is 0 Å². The molecule has 8 nitrogen and oxygen atoms in total. The molecule has 5 heterocycles. The Morgan fingerprint density at radius 3 is 1.26 bits per heavy atom. The minimum absolute atomic E-state index is 0.571. The van der Waals surface area contributed by atoms with Crippen LogP contribution in [-0.2, 0) is 0 Å². The third kappa shape index (κ3) is 4.57. The predicted octanol–water partition coefficient (Wildman–Crippen LogP) is 12.0. The average molecular weight is 741 g/mol. The summed E-state index contributed by atoms with van der Waals surface area (Å²) in [5.41, 5.74) is 8.43. The number of nitrogens with zero attached hydrogens (tertiary/aromatic N) is 6. The van der Waals surface area contributed by atoms with Crippen molar-refractivity contribution in [2.75, 3.05) is 0 Å². The second kappa shape index (κ2) is 11.7. The number of benzene rings is 8. The van der Waals surface area contributed by atoms with Crippen molar-refractivity contribution in [1.82, 2.24) is 39.9 Å². The zero-order valence-corrected chi connectivity index (χ0v) is 30.7. The lowest BCUT2D eigenvalue weighted by Crippen LogP contribution is -1.86. The van der Waals surface area contributed by atoms with Crippen LogP contribution in [0.5, 0.6) is 0 Å². The third-order valence-electron chi connectivity index (χ3n) is 11.6. The first kappa shape index (κ1) is 31.1. The zero-order valence-electron chi connectivity index (χ0n) is 30.7. The smallest absolute Gasteiger partial charge is 0.164 e. The van der Waals surface area contributed by atoms with Crippen LogP contribution in [-0.4, -0.2) is 39.9 Å². The van der Waals surface area contributed by atoms with Gasteiger partial charge in [-0.15, -0.1) is 0 Å². The van der Waals surface area contributed by atoms with Crippen LogP contribution in [0, 0.1) is 0 Å². The molecule has 0 unspecified atom stereocenters. The normalized spacial score (nSPS) is 12.1. The van der Waals surface area contributed by atoms with Crippen molar-refractivity contribution in [1.29, 1.82) is 0 Å². The molecule has 8 heteroatoms. The maximum absolute atomic E-state index is 5.37. The Hall–Kier alpha value is -8.10. The van der Waals surface area contributed by atoms with E-state index < -0.39 is 0 Å². The van der Waals surface area contributed by atoms with E-state index in [1.807, 2.05) is 42.5 Å². The van der Waals surface area contributed by atoms with Gasteiger partial charge in [0.2, 0.25) is 0 Å². The van der Waals surface area contributed by atoms with E-state index in [1.54, 1.807) is 0 Å². The summed E-state index contributed by atoms with van der Waals surface area (Å²) in [6.45, 7) is 0. The molecule has 8 bridgehead atoms. The van der Waals surface area contributed by atoms with Gasteiger partial charge >= 0.3 is 0 Å². The summed E-state index contributed by atoms with van der Waals surface area (Å²) in [5.74, 6) is 2.30. The monoisotopic (exact) mass is 740 g/mol. The first-order valence-electron chi connectivity index (χ1n) is 19.3. The van der Waals surface area contributed by atoms with Gasteiger partial charge in [0.25, 0.3) is 0 Å². The van der Waals surface area contributed by atoms with Crippen LogP contribution in [0.4, 0.5) is 0 Å². The molecule has 8 aromatic carbocycles. The SMILES string of the molecule is c1ccc2c(c1)-c1nc-2nc2[nH]c(nc3nc(nc4[nH]c(n1)c1ccccc41)-c1ccccc1-3)c1c(-c3cccc4cc5cc6ccccc6cc5cc34)cccc21. The van der Waals surface area contributed by atoms with Crippen molar-refractivity contribution in [3.8, 4) is 56.7 Å². The van der Waals surface area contributed by atoms with E-state index in [1.165, 1.54) is 26.9 Å². The fourth-order valence-electron chi connectivity index (χ4n) is 8.87. The Morgan fingerprint density at radius 1 is 0.259 bits per heavy atom. The lowest BCUT2D eigenvalue weighted by Gasteiger charge is -2.11. The second-order valence-electron chi connectivity index (χ2n) is 14.9. The third-order valence-corrected chi connectivity index (χ3v) is 11.6. The minimum atomic E-state index is 0.571. The molecule has 11 aromatic rings. The van der Waals surface area contributed by atoms with Crippen LogP contribution in [0.15, 0.2) is 158 Å². The van der Waals surface area contributed by atoms with Gasteiger partial charge < -0.3 is 9.97 Å². The summed E-state index contributed by atoms with van der Waals surface area (Å²) in [6.07, 6.45) is 0. The Balaban J connectivity index is 1.17. The van der Waals surface area contributed by atoms with Crippen LogP contribution in [0.1, 0.15) is 0 Å². The molecule has 268 valence electrons. The minimum Gasteiger partial charge on any atom is -0.324 e. The highest BCUT2D eigenvalue weighted by Crippen LogP contribution is 2.41. The largest absolute Gasteiger partial charge is 0.324 e. The number of hydrogen-bond acceptors (Lipinski definition) is 6. The molecule has 0 aliphatic carbocycles. The predicted molar refractivity (Wildman–Crippen MR) is 234 cm³/mol. The quantitative estimate of drug-likeness (QED) is 0.162. The fourth-order valence-corrected chi connectivity index (χ4v) is 8.87. The fraction of sp³-hybridized carbons (Fsp3) is 0. The van der Waals surface area contributed by atoms with Crippen LogP contribution < -0.4 is 0 Å². The lowest BCUT2D eigenvalue weighted by molar-refractivity contribution is 1.19. The topological polar surface area (TPSA) is 109 Å². The van der Waals surface area contributed by atoms with Gasteiger partial charge in [-0.3, -0.25) is 0 Å². The van der Waals surface area contributed by atoms with Gasteiger partial charge in [0.15, 0.2) is 23.3 Å². The molecule has 0 amide bonds. The molecule has 0 radical (unpaired) electrons. The molecule has 13 rings (SSSR count). The number of H-pyrrole nitrogens is 2. The Labute approximate surface area is 329 Å². The maximum atomic E-state index is 5.37. The van der Waals surface area contributed by atoms with Crippen molar-refractivity contribution in [3.63, 3.8) is 0 Å². The summed E-state index contributed by atoms with van der Waals surface area (Å²) in [6, 6.07) is 55.0. The highest BCUT2D eigenvalue weighted by molar-refractivity contribution is 6.17. The molecule has 0 fully saturated rings. The molecule has 58 heavy (non-hydrogen) atoms. The van der Waals surface area contributed by atoms with Crippen molar-refractivity contribution < 1.29 is 0 Å². The van der Waals surface area contributed by atoms with E-state index in [2.05, 4.69) is 125 Å². The molecular weight excluding hydrogens is 713 g/mol. The van der Waals surface area contributed by atoms with Gasteiger partial charge in [0.05, 0.1) is 0 Å². The summed E-state index contributed by atoms with van der Waals surface area (Å²) < 4.78 is 0. The van der Waals surface area contributed by atoms with Crippen LogP contribution in [0.2, 0.25) is 0 Å². The number of hydrogen-bond donors (Lipinski definition) is 2. The van der Waals surface area contributed by atoms with E-state index in [9.17, 15) is 0 Å². The second-order valence-corrected chi connectivity index (χ2v) is 14.9. The highest BCUT2D eigenvalue weighted by atomic mass is 15.1. The molecule has 0 saturated heterocycles. The van der Waals surface area contributed by atoms with E-state index in [0.29, 0.717) is 45.9 Å². The van der Waals surface area contributed by atoms with Crippen LogP contribution >= 0.6 is 0 Å². The van der Waals surface area contributed by atoms with Crippen LogP contribution in [0.3, 0.4) is 0 Å². The van der Waals surface area contributed by atoms with Gasteiger partial charge in [-0.05, 0) is 67.7 Å². The Morgan fingerprint density at radius 2 is 0.655 bits per heavy atom. The van der Waals surface area contributed by atoms with Gasteiger partial charge in [-0.1, -0.05) is 133 Å². The highest BCUT2D eigenvalue weighted by Gasteiger charge is 2.23. The summed E-state index contributed by atoms with van der Waals surface area (Å²) in [4.78, 5) is 38.3. The van der Waals surface area contributed by atoms with E-state index in [-0.39, 0.29) is 0 Å². The standard InChI is InChI=1S/C50H28N8/c1-2-12-28-24-31-26-41-29(25-30(31)23-27(28)11-1)13-9-20-32(41)33-21-10-22-40-42(33)50-57-48-39-19-8-7-18-38(39)46(55-48)53-44-35-15-4-3-14-34(35)43(51-44)52-45-36-16-5-6-17-37(36)47(54-45)56-49(40)58-50/h1-26H,(H2,51,52,53,54,55,56,57,58). The van der Waals surface area contributed by atoms with Gasteiger partial charge in [0.1, 0.15) is 22.6 Å². The molecule has 2 aliphatic heterocycles. The molecular formula is C50H28N8. The van der Waals surface area contributed by atoms with Gasteiger partial charge in [-0.25, -0.2) is 29.9 Å². The Bertz CT molecular complexity index is 3760. The van der Waals surface area contributed by atoms with Crippen LogP contribution in [0.25, 0.3) is 133 Å². The van der Waals surface area contributed by atoms with Gasteiger partial charge in [0, 0.05) is 43.8 Å². The summed E-state index contributed by atoms with van der Waals surface area (Å²) in [7, 11) is 0. The lowest BCUT2D eigenvalue weighted by atomic mass is 9.92. The molecule has 2 aliphatic rings. The number of rotatable bonds is 1. The van der Waals surface area contributed by atoms with Crippen molar-refractivity contribution in [3.05, 3.63) is 158 Å². The first-order valence-corrected chi connectivity index (χ1v) is 19.3. The number of aromatic nitrogens is 8. The number of nitrogens with one attached hydrogen (secondary N) is 2. The van der Waals surface area contributed by atoms with E-state index in [4.69, 9.17) is 29.9 Å². The van der Waals surface area contributed by atoms with Crippen molar-refractivity contribution in [2.24, 2.45) is 0 Å². The molecule has 0 atom stereocenters. The first-order chi connectivity index (χ1) is 28.7. The number of fused-ring (bicyclic) bond motifs is 23. The maximum Gasteiger partial charge on any atom is 0.164 e. The Kier molecular flexibility index (Phi) is 6.29. The average Bonchev–Trinajstić information content (AvgIpc) is 4.00. The van der Waals surface area contributed by atoms with Gasteiger partial charge in [-0.2, -0.15) is 0 Å². The summed E-state index contributed by atoms with van der Waals surface area (Å²) in [5, 5.41) is 10.9. The number of aromatic amines is 2. The molecule has 0 saturated carbocycles.